The van der Waals surface area contributed by atoms with E-state index in [0.717, 1.165) is 12.1 Å². The molecule has 3 N–H and O–H groups in total. The molecule has 0 atom stereocenters. The van der Waals surface area contributed by atoms with E-state index in [4.69, 9.17) is 10.2 Å². The van der Waals surface area contributed by atoms with Crippen molar-refractivity contribution in [2.24, 2.45) is 0 Å². The number of carboxylic acids is 2. The molecule has 1 amide bonds. The molecule has 0 spiro atoms. The molecule has 0 aliphatic carbocycles. The lowest BCUT2D eigenvalue weighted by atomic mass is 9.97. The number of carbonyl (C=O) groups excluding carboxylic acids is 2. The van der Waals surface area contributed by atoms with Crippen LogP contribution in [0.3, 0.4) is 0 Å². The van der Waals surface area contributed by atoms with Crippen LogP contribution in [0.25, 0.3) is 0 Å². The summed E-state index contributed by atoms with van der Waals surface area (Å²) >= 11 is 0. The summed E-state index contributed by atoms with van der Waals surface area (Å²) in [6.07, 6.45) is 0. The number of anilines is 1. The van der Waals surface area contributed by atoms with Crippen LogP contribution >= 0.6 is 0 Å². The van der Waals surface area contributed by atoms with Gasteiger partial charge in [-0.25, -0.2) is 9.59 Å². The number of aromatic carboxylic acids is 2. The molecule has 0 bridgehead atoms. The van der Waals surface area contributed by atoms with Gasteiger partial charge < -0.3 is 15.5 Å². The summed E-state index contributed by atoms with van der Waals surface area (Å²) in [5, 5.41) is 20.7. The molecule has 2 aromatic carbocycles. The van der Waals surface area contributed by atoms with Gasteiger partial charge in [0.15, 0.2) is 5.78 Å². The predicted octanol–water partition coefficient (Wildman–Crippen LogP) is 2.27. The third kappa shape index (κ3) is 3.46. The van der Waals surface area contributed by atoms with E-state index in [9.17, 15) is 19.2 Å². The van der Waals surface area contributed by atoms with Gasteiger partial charge in [-0.2, -0.15) is 0 Å². The number of amides is 1. The quantitative estimate of drug-likeness (QED) is 0.724. The second kappa shape index (κ2) is 6.74. The van der Waals surface area contributed by atoms with E-state index in [2.05, 4.69) is 5.32 Å². The summed E-state index contributed by atoms with van der Waals surface area (Å²) in [6.45, 7) is 1.30. The van der Waals surface area contributed by atoms with E-state index in [1.54, 1.807) is 18.2 Å². The van der Waals surface area contributed by atoms with Crippen LogP contribution in [-0.4, -0.2) is 33.8 Å². The number of ketones is 1. The number of carboxylic acid groups (broad SMARTS) is 2. The monoisotopic (exact) mass is 327 g/mol. The number of para-hydroxylation sites is 1. The summed E-state index contributed by atoms with van der Waals surface area (Å²) in [6, 6.07) is 9.58. The second-order valence-corrected chi connectivity index (χ2v) is 4.93. The molecule has 24 heavy (non-hydrogen) atoms. The minimum absolute atomic E-state index is 0.00945. The van der Waals surface area contributed by atoms with Gasteiger partial charge in [0, 0.05) is 18.1 Å². The summed E-state index contributed by atoms with van der Waals surface area (Å²) in [4.78, 5) is 46.1. The average molecular weight is 327 g/mol. The highest BCUT2D eigenvalue weighted by Crippen LogP contribution is 2.21. The van der Waals surface area contributed by atoms with Crippen molar-refractivity contribution in [1.82, 2.24) is 0 Å². The largest absolute Gasteiger partial charge is 0.478 e. The number of carbonyl (C=O) groups is 4. The van der Waals surface area contributed by atoms with Crippen LogP contribution in [0.1, 0.15) is 43.6 Å². The third-order valence-corrected chi connectivity index (χ3v) is 3.22. The van der Waals surface area contributed by atoms with Crippen LogP contribution in [0.5, 0.6) is 0 Å². The lowest BCUT2D eigenvalue weighted by Gasteiger charge is -2.10. The highest BCUT2D eigenvalue weighted by Gasteiger charge is 2.20. The van der Waals surface area contributed by atoms with Crippen LogP contribution in [0.2, 0.25) is 0 Å². The zero-order valence-corrected chi connectivity index (χ0v) is 12.6. The fourth-order valence-electron chi connectivity index (χ4n) is 2.18. The Hall–Kier alpha value is -3.48. The van der Waals surface area contributed by atoms with Crippen LogP contribution in [0.15, 0.2) is 42.5 Å². The molecule has 2 aromatic rings. The van der Waals surface area contributed by atoms with Gasteiger partial charge in [-0.3, -0.25) is 9.59 Å². The van der Waals surface area contributed by atoms with Crippen LogP contribution in [0.4, 0.5) is 5.69 Å². The Kier molecular flexibility index (Phi) is 4.74. The van der Waals surface area contributed by atoms with Crippen molar-refractivity contribution in [3.05, 3.63) is 64.7 Å². The number of rotatable bonds is 5. The van der Waals surface area contributed by atoms with Gasteiger partial charge in [0.05, 0.1) is 16.8 Å². The standard InChI is InChI=1S/C17H13NO6/c1-9(19)18-14-5-3-2-4-12(14)15(20)10-6-7-11(16(21)22)13(8-10)17(23)24/h2-8H,1H3,(H,18,19)(H,21,22)(H,23,24). The molecule has 2 rings (SSSR count). The third-order valence-electron chi connectivity index (χ3n) is 3.22. The Morgan fingerprint density at radius 2 is 1.46 bits per heavy atom. The molecule has 7 heteroatoms. The van der Waals surface area contributed by atoms with E-state index in [1.807, 2.05) is 0 Å². The van der Waals surface area contributed by atoms with Gasteiger partial charge in [-0.05, 0) is 24.3 Å². The zero-order valence-electron chi connectivity index (χ0n) is 12.6. The van der Waals surface area contributed by atoms with Crippen LogP contribution < -0.4 is 5.32 Å². The topological polar surface area (TPSA) is 121 Å². The van der Waals surface area contributed by atoms with Gasteiger partial charge in [-0.15, -0.1) is 0 Å². The first-order valence-corrected chi connectivity index (χ1v) is 6.83. The first-order valence-electron chi connectivity index (χ1n) is 6.83. The fraction of sp³-hybridized carbons (Fsp3) is 0.0588. The molecule has 0 saturated carbocycles. The molecule has 0 unspecified atom stereocenters. The number of benzene rings is 2. The second-order valence-electron chi connectivity index (χ2n) is 4.93. The highest BCUT2D eigenvalue weighted by molar-refractivity contribution is 6.15. The van der Waals surface area contributed by atoms with Crippen LogP contribution in [0, 0.1) is 0 Å². The normalized spacial score (nSPS) is 10.0. The Morgan fingerprint density at radius 3 is 2.04 bits per heavy atom. The first kappa shape index (κ1) is 16.9. The van der Waals surface area contributed by atoms with Gasteiger partial charge in [0.2, 0.25) is 5.91 Å². The molecular formula is C17H13NO6. The van der Waals surface area contributed by atoms with Gasteiger partial charge in [0.1, 0.15) is 0 Å². The first-order chi connectivity index (χ1) is 11.3. The Bertz CT molecular complexity index is 856. The molecule has 0 aliphatic heterocycles. The van der Waals surface area contributed by atoms with Crippen LogP contribution in [-0.2, 0) is 4.79 Å². The van der Waals surface area contributed by atoms with E-state index in [0.29, 0.717) is 0 Å². The van der Waals surface area contributed by atoms with Gasteiger partial charge in [-0.1, -0.05) is 18.2 Å². The molecule has 0 aromatic heterocycles. The van der Waals surface area contributed by atoms with E-state index >= 15 is 0 Å². The van der Waals surface area contributed by atoms with Crippen molar-refractivity contribution in [1.29, 1.82) is 0 Å². The molecule has 0 radical (unpaired) electrons. The van der Waals surface area contributed by atoms with Crippen molar-refractivity contribution in [2.45, 2.75) is 6.92 Å². The Balaban J connectivity index is 2.52. The van der Waals surface area contributed by atoms with Gasteiger partial charge >= 0.3 is 11.9 Å². The number of hydrogen-bond acceptors (Lipinski definition) is 4. The highest BCUT2D eigenvalue weighted by atomic mass is 16.4. The summed E-state index contributed by atoms with van der Waals surface area (Å²) in [7, 11) is 0. The molecule has 0 saturated heterocycles. The molecule has 0 aliphatic rings. The fourth-order valence-corrected chi connectivity index (χ4v) is 2.18. The van der Waals surface area contributed by atoms with Crippen molar-refractivity contribution < 1.29 is 29.4 Å². The summed E-state index contributed by atoms with van der Waals surface area (Å²) < 4.78 is 0. The lowest BCUT2D eigenvalue weighted by Crippen LogP contribution is -2.13. The van der Waals surface area contributed by atoms with Crippen molar-refractivity contribution in [3.8, 4) is 0 Å². The average Bonchev–Trinajstić information content (AvgIpc) is 2.53. The number of hydrogen-bond donors (Lipinski definition) is 3. The van der Waals surface area contributed by atoms with Crippen molar-refractivity contribution in [2.75, 3.05) is 5.32 Å². The van der Waals surface area contributed by atoms with Gasteiger partial charge in [0.25, 0.3) is 0 Å². The molecule has 0 fully saturated rings. The smallest absolute Gasteiger partial charge is 0.336 e. The Morgan fingerprint density at radius 1 is 0.833 bits per heavy atom. The maximum absolute atomic E-state index is 12.6. The maximum Gasteiger partial charge on any atom is 0.336 e. The van der Waals surface area contributed by atoms with E-state index < -0.39 is 28.8 Å². The summed E-state index contributed by atoms with van der Waals surface area (Å²) in [5.74, 6) is -3.73. The molecule has 122 valence electrons. The molecule has 7 nitrogen and oxygen atoms in total. The molecular weight excluding hydrogens is 314 g/mol. The lowest BCUT2D eigenvalue weighted by molar-refractivity contribution is -0.114. The summed E-state index contributed by atoms with van der Waals surface area (Å²) in [5.41, 5.74) is -0.420. The predicted molar refractivity (Wildman–Crippen MR) is 84.5 cm³/mol. The minimum atomic E-state index is -1.45. The Labute approximate surface area is 136 Å². The van der Waals surface area contributed by atoms with Crippen molar-refractivity contribution in [3.63, 3.8) is 0 Å². The van der Waals surface area contributed by atoms with E-state index in [1.165, 1.54) is 19.1 Å². The number of nitrogens with one attached hydrogen (secondary N) is 1. The SMILES string of the molecule is CC(=O)Nc1ccccc1C(=O)c1ccc(C(=O)O)c(C(=O)O)c1. The minimum Gasteiger partial charge on any atom is -0.478 e. The van der Waals surface area contributed by atoms with E-state index in [-0.39, 0.29) is 22.7 Å². The maximum atomic E-state index is 12.6. The molecule has 0 heterocycles. The van der Waals surface area contributed by atoms with Crippen molar-refractivity contribution >= 4 is 29.3 Å². The zero-order chi connectivity index (χ0) is 17.9.